The molecule has 0 radical (unpaired) electrons. The smallest absolute Gasteiger partial charge is 0.250 e. The van der Waals surface area contributed by atoms with Gasteiger partial charge in [-0.15, -0.1) is 0 Å². The van der Waals surface area contributed by atoms with E-state index < -0.39 is 5.91 Å². The zero-order chi connectivity index (χ0) is 26.4. The quantitative estimate of drug-likeness (QED) is 0.369. The number of nitrogens with two attached hydrogens (primary N) is 1. The van der Waals surface area contributed by atoms with Crippen molar-refractivity contribution in [2.45, 2.75) is 26.8 Å². The second kappa shape index (κ2) is 9.38. The van der Waals surface area contributed by atoms with Crippen LogP contribution < -0.4 is 10.6 Å². The molecule has 6 rings (SSSR count). The highest BCUT2D eigenvalue weighted by molar-refractivity contribution is 5.94. The maximum Gasteiger partial charge on any atom is 0.250 e. The van der Waals surface area contributed by atoms with Crippen molar-refractivity contribution >= 4 is 22.6 Å². The highest BCUT2D eigenvalue weighted by atomic mass is 16.5. The summed E-state index contributed by atoms with van der Waals surface area (Å²) < 4.78 is 7.46. The second-order valence-electron chi connectivity index (χ2n) is 9.55. The molecule has 38 heavy (non-hydrogen) atoms. The third-order valence-electron chi connectivity index (χ3n) is 7.01. The number of H-pyrrole nitrogens is 1. The summed E-state index contributed by atoms with van der Waals surface area (Å²) in [5.74, 6) is 0.951. The molecule has 192 valence electrons. The first-order chi connectivity index (χ1) is 18.4. The Labute approximate surface area is 219 Å². The zero-order valence-corrected chi connectivity index (χ0v) is 21.5. The van der Waals surface area contributed by atoms with E-state index in [0.717, 1.165) is 51.5 Å². The largest absolute Gasteiger partial charge is 0.377 e. The van der Waals surface area contributed by atoms with Crippen LogP contribution in [0.4, 0.5) is 5.82 Å². The van der Waals surface area contributed by atoms with Crippen LogP contribution in [0.25, 0.3) is 39.2 Å². The molecule has 0 bridgehead atoms. The van der Waals surface area contributed by atoms with Crippen molar-refractivity contribution in [2.24, 2.45) is 5.73 Å². The number of anilines is 1. The average Bonchev–Trinajstić information content (AvgIpc) is 3.52. The molecule has 5 aromatic rings. The first-order valence-corrected chi connectivity index (χ1v) is 12.5. The van der Waals surface area contributed by atoms with Crippen molar-refractivity contribution in [1.82, 2.24) is 29.7 Å². The van der Waals surface area contributed by atoms with Crippen LogP contribution in [0, 0.1) is 13.8 Å². The van der Waals surface area contributed by atoms with Crippen LogP contribution in [0.5, 0.6) is 0 Å². The number of aromatic amines is 1. The Balaban J connectivity index is 1.54. The summed E-state index contributed by atoms with van der Waals surface area (Å²) in [5, 5.41) is 5.84. The molecular weight excluding hydrogens is 480 g/mol. The normalized spacial score (nSPS) is 15.8. The Hall–Kier alpha value is -4.57. The van der Waals surface area contributed by atoms with Crippen molar-refractivity contribution in [2.75, 3.05) is 24.7 Å². The lowest BCUT2D eigenvalue weighted by atomic mass is 10.1. The molecule has 1 fully saturated rings. The van der Waals surface area contributed by atoms with Gasteiger partial charge >= 0.3 is 0 Å². The van der Waals surface area contributed by atoms with Crippen molar-refractivity contribution in [3.8, 4) is 28.3 Å². The predicted octanol–water partition coefficient (Wildman–Crippen LogP) is 3.81. The molecule has 1 atom stereocenters. The van der Waals surface area contributed by atoms with Crippen molar-refractivity contribution in [3.05, 3.63) is 71.9 Å². The highest BCUT2D eigenvalue weighted by Crippen LogP contribution is 2.34. The second-order valence-corrected chi connectivity index (χ2v) is 9.55. The van der Waals surface area contributed by atoms with E-state index in [2.05, 4.69) is 21.8 Å². The lowest BCUT2D eigenvalue weighted by Crippen LogP contribution is -2.44. The van der Waals surface area contributed by atoms with Crippen LogP contribution in [0.1, 0.15) is 28.7 Å². The molecule has 0 spiro atoms. The van der Waals surface area contributed by atoms with E-state index >= 15 is 0 Å². The van der Waals surface area contributed by atoms with Gasteiger partial charge in [-0.3, -0.25) is 9.78 Å². The molecule has 1 aliphatic heterocycles. The predicted molar refractivity (Wildman–Crippen MR) is 145 cm³/mol. The van der Waals surface area contributed by atoms with E-state index in [0.29, 0.717) is 30.3 Å². The van der Waals surface area contributed by atoms with Gasteiger partial charge in [0.2, 0.25) is 5.91 Å². The lowest BCUT2D eigenvalue weighted by Gasteiger charge is -2.34. The number of aromatic nitrogens is 6. The van der Waals surface area contributed by atoms with Crippen LogP contribution in [-0.2, 0) is 4.74 Å². The topological polar surface area (TPSA) is 128 Å². The molecule has 4 aromatic heterocycles. The van der Waals surface area contributed by atoms with Crippen molar-refractivity contribution < 1.29 is 9.53 Å². The number of morpholine rings is 1. The van der Waals surface area contributed by atoms with Crippen LogP contribution in [0.3, 0.4) is 0 Å². The first kappa shape index (κ1) is 23.8. The van der Waals surface area contributed by atoms with Crippen LogP contribution in [0.2, 0.25) is 0 Å². The van der Waals surface area contributed by atoms with E-state index in [1.807, 2.05) is 50.4 Å². The zero-order valence-electron chi connectivity index (χ0n) is 21.5. The van der Waals surface area contributed by atoms with Gasteiger partial charge in [0.15, 0.2) is 5.82 Å². The minimum atomic E-state index is -0.537. The fraction of sp³-hybridized carbons (Fsp3) is 0.250. The Morgan fingerprint density at radius 3 is 2.84 bits per heavy atom. The van der Waals surface area contributed by atoms with Crippen molar-refractivity contribution in [3.63, 3.8) is 0 Å². The molecule has 1 aliphatic rings. The summed E-state index contributed by atoms with van der Waals surface area (Å²) in [6.07, 6.45) is 5.04. The number of hydrogen-bond acceptors (Lipinski definition) is 7. The molecule has 1 amide bonds. The van der Waals surface area contributed by atoms with Gasteiger partial charge in [0.25, 0.3) is 0 Å². The summed E-state index contributed by atoms with van der Waals surface area (Å²) in [4.78, 5) is 31.6. The highest BCUT2D eigenvalue weighted by Gasteiger charge is 2.25. The van der Waals surface area contributed by atoms with E-state index in [9.17, 15) is 4.79 Å². The maximum absolute atomic E-state index is 11.7. The molecule has 3 N–H and O–H groups in total. The number of primary amides is 1. The van der Waals surface area contributed by atoms with Crippen LogP contribution in [0.15, 0.2) is 55.0 Å². The van der Waals surface area contributed by atoms with Gasteiger partial charge in [0, 0.05) is 47.0 Å². The third kappa shape index (κ3) is 4.08. The van der Waals surface area contributed by atoms with Gasteiger partial charge in [-0.1, -0.05) is 12.1 Å². The van der Waals surface area contributed by atoms with Gasteiger partial charge in [-0.05, 0) is 39.0 Å². The van der Waals surface area contributed by atoms with Gasteiger partial charge in [-0.2, -0.15) is 5.10 Å². The van der Waals surface area contributed by atoms with Gasteiger partial charge in [-0.25, -0.2) is 14.6 Å². The number of ether oxygens (including phenoxy) is 1. The standard InChI is InChI=1S/C28H28N8O2/c1-16-15-38-10-9-35(16)25-12-24(32-28(33-25)22-5-4-6-23-21(22)7-8-31-23)26-17(2)34-36(18(26)3)20-11-19(27(29)37)13-30-14-20/h4-8,11-14,16,31H,9-10,15H2,1-3H3,(H2,29,37)/t16-/m1/s1. The molecule has 0 unspecified atom stereocenters. The molecule has 0 saturated carbocycles. The van der Waals surface area contributed by atoms with E-state index in [1.54, 1.807) is 16.9 Å². The number of aryl methyl sites for hydroxylation is 1. The summed E-state index contributed by atoms with van der Waals surface area (Å²) in [5.41, 5.74) is 11.8. The number of pyridine rings is 1. The van der Waals surface area contributed by atoms with Gasteiger partial charge < -0.3 is 20.4 Å². The number of hydrogen-bond donors (Lipinski definition) is 2. The number of carbonyl (C=O) groups excluding carboxylic acids is 1. The number of nitrogens with zero attached hydrogens (tertiary/aromatic N) is 6. The first-order valence-electron chi connectivity index (χ1n) is 12.5. The minimum Gasteiger partial charge on any atom is -0.377 e. The maximum atomic E-state index is 11.7. The number of benzene rings is 1. The molecule has 5 heterocycles. The number of amides is 1. The summed E-state index contributed by atoms with van der Waals surface area (Å²) >= 11 is 0. The Morgan fingerprint density at radius 1 is 1.16 bits per heavy atom. The summed E-state index contributed by atoms with van der Waals surface area (Å²) in [7, 11) is 0. The Bertz CT molecular complexity index is 1670. The van der Waals surface area contributed by atoms with Crippen molar-refractivity contribution in [1.29, 1.82) is 0 Å². The number of rotatable bonds is 5. The molecule has 0 aliphatic carbocycles. The van der Waals surface area contributed by atoms with Crippen LogP contribution in [-0.4, -0.2) is 61.4 Å². The Kier molecular flexibility index (Phi) is 5.88. The summed E-state index contributed by atoms with van der Waals surface area (Å²) in [6.45, 7) is 8.11. The SMILES string of the molecule is Cc1nn(-c2cncc(C(N)=O)c2)c(C)c1-c1cc(N2CCOC[C@H]2C)nc(-c2cccc3[nH]ccc23)n1. The minimum absolute atomic E-state index is 0.176. The Morgan fingerprint density at radius 2 is 2.03 bits per heavy atom. The molecule has 1 aromatic carbocycles. The monoisotopic (exact) mass is 508 g/mol. The third-order valence-corrected chi connectivity index (χ3v) is 7.01. The van der Waals surface area contributed by atoms with Gasteiger partial charge in [0.1, 0.15) is 5.82 Å². The fourth-order valence-corrected chi connectivity index (χ4v) is 5.12. The molecular formula is C28H28N8O2. The van der Waals surface area contributed by atoms with E-state index in [4.69, 9.17) is 25.5 Å². The lowest BCUT2D eigenvalue weighted by molar-refractivity contribution is 0.0985. The van der Waals surface area contributed by atoms with Crippen LogP contribution >= 0.6 is 0 Å². The fourth-order valence-electron chi connectivity index (χ4n) is 5.12. The number of nitrogens with one attached hydrogen (secondary N) is 1. The van der Waals surface area contributed by atoms with E-state index in [1.165, 1.54) is 6.20 Å². The van der Waals surface area contributed by atoms with Gasteiger partial charge in [0.05, 0.1) is 53.8 Å². The number of carbonyl (C=O) groups is 1. The average molecular weight is 509 g/mol. The molecule has 10 heteroatoms. The molecule has 1 saturated heterocycles. The molecule has 10 nitrogen and oxygen atoms in total. The van der Waals surface area contributed by atoms with E-state index in [-0.39, 0.29) is 6.04 Å². The summed E-state index contributed by atoms with van der Waals surface area (Å²) in [6, 6.07) is 12.0. The number of fused-ring (bicyclic) bond motifs is 1.